The maximum absolute atomic E-state index is 13.7. The number of carbonyl (C=O) groups is 1. The Morgan fingerprint density at radius 3 is 2.42 bits per heavy atom. The summed E-state index contributed by atoms with van der Waals surface area (Å²) in [5, 5.41) is 11.5. The van der Waals surface area contributed by atoms with E-state index in [-0.39, 0.29) is 48.5 Å². The number of fused-ring (bicyclic) bond motifs is 1. The first kappa shape index (κ1) is 30.7. The van der Waals surface area contributed by atoms with E-state index in [9.17, 15) is 18.3 Å². The number of methoxy groups -OCH3 is 1. The van der Waals surface area contributed by atoms with E-state index in [0.717, 1.165) is 30.6 Å². The first-order valence-corrected chi connectivity index (χ1v) is 15.7. The second-order valence-corrected chi connectivity index (χ2v) is 13.5. The maximum Gasteiger partial charge on any atom is 0.306 e. The number of aliphatic hydroxyl groups is 1. The van der Waals surface area contributed by atoms with Crippen molar-refractivity contribution in [2.45, 2.75) is 75.8 Å². The maximum atomic E-state index is 13.7. The highest BCUT2D eigenvalue weighted by Gasteiger charge is 2.40. The van der Waals surface area contributed by atoms with Crippen LogP contribution in [-0.4, -0.2) is 68.9 Å². The molecule has 1 heterocycles. The van der Waals surface area contributed by atoms with Crippen LogP contribution in [0, 0.1) is 17.8 Å². The van der Waals surface area contributed by atoms with Crippen LogP contribution >= 0.6 is 0 Å². The quantitative estimate of drug-likeness (QED) is 0.338. The second kappa shape index (κ2) is 14.0. The molecule has 5 atom stereocenters. The van der Waals surface area contributed by atoms with Crippen LogP contribution in [0.25, 0.3) is 0 Å². The van der Waals surface area contributed by atoms with Gasteiger partial charge in [0, 0.05) is 39.1 Å². The third-order valence-corrected chi connectivity index (χ3v) is 9.70. The molecule has 1 saturated heterocycles. The van der Waals surface area contributed by atoms with Crippen LogP contribution in [0.2, 0.25) is 0 Å². The summed E-state index contributed by atoms with van der Waals surface area (Å²) < 4.78 is 45.4. The molecule has 1 N–H and O–H groups in total. The van der Waals surface area contributed by atoms with E-state index in [4.69, 9.17) is 14.2 Å². The summed E-state index contributed by atoms with van der Waals surface area (Å²) in [6.07, 6.45) is 1.89. The van der Waals surface area contributed by atoms with Gasteiger partial charge in [0.2, 0.25) is 10.0 Å². The normalized spacial score (nSPS) is 22.4. The molecule has 0 aromatic heterocycles. The van der Waals surface area contributed by atoms with E-state index in [1.165, 1.54) is 4.31 Å². The topological polar surface area (TPSA) is 102 Å². The SMILES string of the molecule is COCc1ccc(S(=O)(=O)N(CC(C)C)C[C@@H](O)[C@@H](CC(=O)OC2CC3CCO[C@@H]3C2)Cc2ccccc2)cc1. The summed E-state index contributed by atoms with van der Waals surface area (Å²) in [6, 6.07) is 16.3. The predicted octanol–water partition coefficient (Wildman–Crippen LogP) is 4.20. The summed E-state index contributed by atoms with van der Waals surface area (Å²) in [5.74, 6) is -0.392. The third-order valence-electron chi connectivity index (χ3n) is 7.85. The molecule has 0 amide bonds. The van der Waals surface area contributed by atoms with Gasteiger partial charge in [0.1, 0.15) is 6.10 Å². The van der Waals surface area contributed by atoms with Crippen molar-refractivity contribution in [2.75, 3.05) is 26.8 Å². The lowest BCUT2D eigenvalue weighted by Gasteiger charge is -2.30. The number of carbonyl (C=O) groups excluding carboxylic acids is 1. The van der Waals surface area contributed by atoms with E-state index >= 15 is 0 Å². The zero-order valence-corrected chi connectivity index (χ0v) is 24.6. The fourth-order valence-electron chi connectivity index (χ4n) is 5.83. The Kier molecular flexibility index (Phi) is 10.8. The van der Waals surface area contributed by atoms with E-state index < -0.39 is 22.0 Å². The van der Waals surface area contributed by atoms with Crippen LogP contribution in [-0.2, 0) is 42.1 Å². The monoisotopic (exact) mass is 573 g/mol. The van der Waals surface area contributed by atoms with Gasteiger partial charge in [-0.15, -0.1) is 0 Å². The number of nitrogens with zero attached hydrogens (tertiary/aromatic N) is 1. The smallest absolute Gasteiger partial charge is 0.306 e. The highest BCUT2D eigenvalue weighted by atomic mass is 32.2. The van der Waals surface area contributed by atoms with Crippen molar-refractivity contribution in [3.8, 4) is 0 Å². The Labute approximate surface area is 238 Å². The fourth-order valence-corrected chi connectivity index (χ4v) is 7.45. The lowest BCUT2D eigenvalue weighted by atomic mass is 9.90. The van der Waals surface area contributed by atoms with E-state index in [0.29, 0.717) is 25.4 Å². The van der Waals surface area contributed by atoms with Crippen molar-refractivity contribution < 1.29 is 32.5 Å². The lowest BCUT2D eigenvalue weighted by Crippen LogP contribution is -2.43. The summed E-state index contributed by atoms with van der Waals surface area (Å²) >= 11 is 0. The molecule has 9 heteroatoms. The van der Waals surface area contributed by atoms with Gasteiger partial charge in [-0.2, -0.15) is 4.31 Å². The average Bonchev–Trinajstić information content (AvgIpc) is 3.51. The van der Waals surface area contributed by atoms with Gasteiger partial charge in [-0.1, -0.05) is 56.3 Å². The first-order valence-electron chi connectivity index (χ1n) is 14.3. The van der Waals surface area contributed by atoms with Gasteiger partial charge in [0.25, 0.3) is 0 Å². The third kappa shape index (κ3) is 8.13. The van der Waals surface area contributed by atoms with Gasteiger partial charge in [-0.3, -0.25) is 4.79 Å². The molecule has 1 saturated carbocycles. The highest BCUT2D eigenvalue weighted by molar-refractivity contribution is 7.89. The second-order valence-electron chi connectivity index (χ2n) is 11.6. The van der Waals surface area contributed by atoms with Gasteiger partial charge >= 0.3 is 5.97 Å². The number of esters is 1. The Morgan fingerprint density at radius 2 is 1.77 bits per heavy atom. The molecule has 1 aliphatic heterocycles. The standard InChI is InChI=1S/C31H43NO7S/c1-22(2)19-32(40(35,36)28-11-9-24(10-12-28)21-37-3)20-29(33)26(15-23-7-5-4-6-8-23)17-31(34)39-27-16-25-13-14-38-30(25)18-27/h4-12,22,25-27,29-30,33H,13-21H2,1-3H3/t25?,26-,27?,29-,30-/m1/s1. The molecule has 8 nitrogen and oxygen atoms in total. The average molecular weight is 574 g/mol. The van der Waals surface area contributed by atoms with Gasteiger partial charge in [0.15, 0.2) is 0 Å². The number of hydrogen-bond donors (Lipinski definition) is 1. The molecular formula is C31H43NO7S. The van der Waals surface area contributed by atoms with Crippen molar-refractivity contribution in [1.82, 2.24) is 4.31 Å². The molecule has 4 rings (SSSR count). The van der Waals surface area contributed by atoms with Crippen LogP contribution in [0.3, 0.4) is 0 Å². The minimum absolute atomic E-state index is 0.00400. The highest BCUT2D eigenvalue weighted by Crippen LogP contribution is 2.37. The number of hydrogen-bond acceptors (Lipinski definition) is 7. The minimum Gasteiger partial charge on any atom is -0.462 e. The lowest BCUT2D eigenvalue weighted by molar-refractivity contribution is -0.151. The van der Waals surface area contributed by atoms with Crippen LogP contribution in [0.15, 0.2) is 59.5 Å². The Bertz CT molecular complexity index is 1170. The fraction of sp³-hybridized carbons (Fsp3) is 0.581. The minimum atomic E-state index is -3.88. The van der Waals surface area contributed by atoms with Crippen LogP contribution in [0.1, 0.15) is 50.7 Å². The molecule has 220 valence electrons. The summed E-state index contributed by atoms with van der Waals surface area (Å²) in [4.78, 5) is 13.2. The number of benzene rings is 2. The van der Waals surface area contributed by atoms with Crippen LogP contribution in [0.4, 0.5) is 0 Å². The van der Waals surface area contributed by atoms with Gasteiger partial charge in [0.05, 0.1) is 30.1 Å². The zero-order valence-electron chi connectivity index (χ0n) is 23.8. The molecule has 2 unspecified atom stereocenters. The summed E-state index contributed by atoms with van der Waals surface area (Å²) in [7, 11) is -2.29. The number of sulfonamides is 1. The molecule has 40 heavy (non-hydrogen) atoms. The van der Waals surface area contributed by atoms with Crippen molar-refractivity contribution >= 4 is 16.0 Å². The summed E-state index contributed by atoms with van der Waals surface area (Å²) in [5.41, 5.74) is 1.84. The Hall–Kier alpha value is -2.30. The number of ether oxygens (including phenoxy) is 3. The molecule has 0 bridgehead atoms. The molecule has 1 aliphatic carbocycles. The molecule has 2 aromatic carbocycles. The van der Waals surface area contributed by atoms with Gasteiger partial charge in [-0.25, -0.2) is 8.42 Å². The first-order chi connectivity index (χ1) is 19.2. The molecule has 0 spiro atoms. The largest absolute Gasteiger partial charge is 0.462 e. The van der Waals surface area contributed by atoms with Crippen LogP contribution in [0.5, 0.6) is 0 Å². The van der Waals surface area contributed by atoms with Crippen molar-refractivity contribution in [3.63, 3.8) is 0 Å². The van der Waals surface area contributed by atoms with Gasteiger partial charge < -0.3 is 19.3 Å². The van der Waals surface area contributed by atoms with Gasteiger partial charge in [-0.05, 0) is 54.4 Å². The van der Waals surface area contributed by atoms with E-state index in [1.807, 2.05) is 44.2 Å². The van der Waals surface area contributed by atoms with Crippen molar-refractivity contribution in [3.05, 3.63) is 65.7 Å². The zero-order chi connectivity index (χ0) is 28.7. The molecular weight excluding hydrogens is 530 g/mol. The number of rotatable bonds is 14. The van der Waals surface area contributed by atoms with E-state index in [1.54, 1.807) is 31.4 Å². The molecule has 2 aromatic rings. The Balaban J connectivity index is 1.49. The number of aliphatic hydroxyl groups excluding tert-OH is 1. The Morgan fingerprint density at radius 1 is 1.05 bits per heavy atom. The molecule has 2 fully saturated rings. The summed E-state index contributed by atoms with van der Waals surface area (Å²) in [6.45, 7) is 5.17. The van der Waals surface area contributed by atoms with Crippen molar-refractivity contribution in [2.24, 2.45) is 17.8 Å². The predicted molar refractivity (Wildman–Crippen MR) is 152 cm³/mol. The van der Waals surface area contributed by atoms with Crippen LogP contribution < -0.4 is 0 Å². The molecule has 0 radical (unpaired) electrons. The molecule has 2 aliphatic rings. The van der Waals surface area contributed by atoms with E-state index in [2.05, 4.69) is 0 Å². The van der Waals surface area contributed by atoms with Crippen molar-refractivity contribution in [1.29, 1.82) is 0 Å².